The molecule has 0 unspecified atom stereocenters. The Morgan fingerprint density at radius 1 is 1.14 bits per heavy atom. The number of carbonyl (C=O) groups excluding carboxylic acids is 1. The van der Waals surface area contributed by atoms with Crippen LogP contribution < -0.4 is 10.6 Å². The number of carboxylic acids is 1. The quantitative estimate of drug-likeness (QED) is 0.401. The normalized spacial score (nSPS) is 10.8. The molecule has 1 aromatic carbocycles. The molecule has 4 N–H and O–H groups in total. The van der Waals surface area contributed by atoms with E-state index in [2.05, 4.69) is 30.8 Å². The molecule has 4 aromatic rings. The first kappa shape index (κ1) is 18.4. The van der Waals surface area contributed by atoms with E-state index in [9.17, 15) is 23.5 Å². The Labute approximate surface area is 164 Å². The maximum absolute atomic E-state index is 13.6. The Balaban J connectivity index is 1.55. The zero-order valence-corrected chi connectivity index (χ0v) is 15.1. The summed E-state index contributed by atoms with van der Waals surface area (Å²) in [5.41, 5.74) is 0.450. The summed E-state index contributed by atoms with van der Waals surface area (Å²) in [4.78, 5) is 32.3. The number of urea groups is 1. The monoisotopic (exact) mass is 416 g/mol. The number of aromatic nitrogens is 4. The maximum Gasteiger partial charge on any atom is 0.336 e. The second-order valence-corrected chi connectivity index (χ2v) is 6.76. The van der Waals surface area contributed by atoms with Gasteiger partial charge in [-0.2, -0.15) is 5.10 Å². The van der Waals surface area contributed by atoms with Crippen LogP contribution in [-0.4, -0.2) is 37.3 Å². The molecule has 3 heterocycles. The highest BCUT2D eigenvalue weighted by molar-refractivity contribution is 7.19. The number of nitrogens with one attached hydrogen (secondary N) is 3. The van der Waals surface area contributed by atoms with Crippen molar-refractivity contribution < 1.29 is 23.5 Å². The molecule has 0 atom stereocenters. The number of amides is 2. The second-order valence-electron chi connectivity index (χ2n) is 5.73. The molecule has 3 aromatic heterocycles. The van der Waals surface area contributed by atoms with Crippen molar-refractivity contribution >= 4 is 45.2 Å². The van der Waals surface area contributed by atoms with Gasteiger partial charge in [0.25, 0.3) is 0 Å². The summed E-state index contributed by atoms with van der Waals surface area (Å²) in [6, 6.07) is 3.35. The highest BCUT2D eigenvalue weighted by Crippen LogP contribution is 2.30. The van der Waals surface area contributed by atoms with Crippen molar-refractivity contribution in [1.29, 1.82) is 0 Å². The largest absolute Gasteiger partial charge is 0.478 e. The predicted octanol–water partition coefficient (Wildman–Crippen LogP) is 3.70. The molecule has 12 heteroatoms. The number of nitrogens with zero attached hydrogens (tertiary/aromatic N) is 3. The van der Waals surface area contributed by atoms with Crippen LogP contribution >= 0.6 is 11.3 Å². The first-order valence-electron chi connectivity index (χ1n) is 7.97. The molecule has 29 heavy (non-hydrogen) atoms. The SMILES string of the molecule is O=C(Nc1ncc(-c2cc(C(=O)O)c3cn[nH]c3n2)s1)Nc1ccc(F)cc1F. The van der Waals surface area contributed by atoms with Gasteiger partial charge in [-0.05, 0) is 18.2 Å². The number of aromatic carboxylic acids is 1. The summed E-state index contributed by atoms with van der Waals surface area (Å²) in [5.74, 6) is -2.82. The Morgan fingerprint density at radius 3 is 2.72 bits per heavy atom. The first-order valence-corrected chi connectivity index (χ1v) is 8.79. The topological polar surface area (TPSA) is 133 Å². The van der Waals surface area contributed by atoms with Gasteiger partial charge in [-0.1, -0.05) is 11.3 Å². The Bertz CT molecular complexity index is 1260. The van der Waals surface area contributed by atoms with E-state index in [-0.39, 0.29) is 16.4 Å². The standard InChI is InChI=1S/C17H10F2N6O3S/c18-7-1-2-11(10(19)3-7)23-16(28)24-17-20-6-13(29-17)12-4-8(15(26)27)9-5-21-25-14(9)22-12/h1-6H,(H,26,27)(H,21,22,25)(H2,20,23,24,28). The lowest BCUT2D eigenvalue weighted by Gasteiger charge is -2.06. The van der Waals surface area contributed by atoms with E-state index >= 15 is 0 Å². The molecule has 2 amide bonds. The number of anilines is 2. The van der Waals surface area contributed by atoms with Gasteiger partial charge < -0.3 is 10.4 Å². The van der Waals surface area contributed by atoms with Crippen molar-refractivity contribution in [2.45, 2.75) is 0 Å². The van der Waals surface area contributed by atoms with E-state index in [4.69, 9.17) is 0 Å². The highest BCUT2D eigenvalue weighted by Gasteiger charge is 2.16. The molecule has 0 aliphatic heterocycles. The fraction of sp³-hybridized carbons (Fsp3) is 0. The lowest BCUT2D eigenvalue weighted by Crippen LogP contribution is -2.20. The van der Waals surface area contributed by atoms with Crippen LogP contribution in [0.15, 0.2) is 36.7 Å². The van der Waals surface area contributed by atoms with Crippen molar-refractivity contribution in [3.63, 3.8) is 0 Å². The van der Waals surface area contributed by atoms with E-state index in [1.807, 2.05) is 0 Å². The lowest BCUT2D eigenvalue weighted by atomic mass is 10.1. The number of thiazole rings is 1. The predicted molar refractivity (Wildman–Crippen MR) is 101 cm³/mol. The van der Waals surface area contributed by atoms with Crippen LogP contribution in [0.5, 0.6) is 0 Å². The van der Waals surface area contributed by atoms with Gasteiger partial charge in [0.1, 0.15) is 11.6 Å². The van der Waals surface area contributed by atoms with Crippen molar-refractivity contribution in [3.8, 4) is 10.6 Å². The summed E-state index contributed by atoms with van der Waals surface area (Å²) >= 11 is 1.04. The molecule has 0 saturated carbocycles. The Morgan fingerprint density at radius 2 is 1.97 bits per heavy atom. The van der Waals surface area contributed by atoms with Gasteiger partial charge in [-0.15, -0.1) is 0 Å². The van der Waals surface area contributed by atoms with Gasteiger partial charge >= 0.3 is 12.0 Å². The van der Waals surface area contributed by atoms with E-state index < -0.39 is 23.6 Å². The number of H-pyrrole nitrogens is 1. The van der Waals surface area contributed by atoms with Crippen LogP contribution in [0.1, 0.15) is 10.4 Å². The van der Waals surface area contributed by atoms with Crippen LogP contribution in [0.2, 0.25) is 0 Å². The van der Waals surface area contributed by atoms with Gasteiger partial charge in [0.05, 0.1) is 33.4 Å². The minimum atomic E-state index is -1.14. The van der Waals surface area contributed by atoms with Gasteiger partial charge in [0, 0.05) is 12.3 Å². The molecular formula is C17H10F2N6O3S. The van der Waals surface area contributed by atoms with E-state index in [0.717, 1.165) is 23.5 Å². The third-order valence-electron chi connectivity index (χ3n) is 3.81. The minimum absolute atomic E-state index is 0.0196. The van der Waals surface area contributed by atoms with Gasteiger partial charge in [0.15, 0.2) is 10.8 Å². The smallest absolute Gasteiger partial charge is 0.336 e. The molecule has 146 valence electrons. The summed E-state index contributed by atoms with van der Waals surface area (Å²) < 4.78 is 26.5. The number of hydrogen-bond donors (Lipinski definition) is 4. The number of hydrogen-bond acceptors (Lipinski definition) is 6. The van der Waals surface area contributed by atoms with Crippen LogP contribution in [0.3, 0.4) is 0 Å². The second kappa shape index (κ2) is 7.24. The molecule has 4 rings (SSSR count). The van der Waals surface area contributed by atoms with Crippen LogP contribution in [0, 0.1) is 11.6 Å². The van der Waals surface area contributed by atoms with Crippen LogP contribution in [0.4, 0.5) is 24.4 Å². The molecule has 0 aliphatic rings. The van der Waals surface area contributed by atoms with Crippen molar-refractivity contribution in [2.24, 2.45) is 0 Å². The van der Waals surface area contributed by atoms with Gasteiger partial charge in [-0.25, -0.2) is 28.3 Å². The van der Waals surface area contributed by atoms with Gasteiger partial charge in [0.2, 0.25) is 0 Å². The lowest BCUT2D eigenvalue weighted by molar-refractivity contribution is 0.0699. The average Bonchev–Trinajstić information content (AvgIpc) is 3.32. The van der Waals surface area contributed by atoms with E-state index in [0.29, 0.717) is 27.7 Å². The molecule has 0 radical (unpaired) electrons. The Hall–Kier alpha value is -3.93. The third kappa shape index (κ3) is 3.73. The van der Waals surface area contributed by atoms with E-state index in [1.165, 1.54) is 18.5 Å². The molecule has 0 bridgehead atoms. The fourth-order valence-electron chi connectivity index (χ4n) is 2.52. The zero-order chi connectivity index (χ0) is 20.5. The summed E-state index contributed by atoms with van der Waals surface area (Å²) in [6.07, 6.45) is 2.78. The number of carbonyl (C=O) groups is 2. The number of carboxylic acid groups (broad SMARTS) is 1. The maximum atomic E-state index is 13.6. The minimum Gasteiger partial charge on any atom is -0.478 e. The molecule has 9 nitrogen and oxygen atoms in total. The van der Waals surface area contributed by atoms with Crippen molar-refractivity contribution in [1.82, 2.24) is 20.2 Å². The van der Waals surface area contributed by atoms with Gasteiger partial charge in [-0.3, -0.25) is 10.4 Å². The summed E-state index contributed by atoms with van der Waals surface area (Å²) in [6.45, 7) is 0. The number of benzene rings is 1. The molecule has 0 saturated heterocycles. The number of pyridine rings is 1. The molecule has 0 spiro atoms. The Kier molecular flexibility index (Phi) is 4.60. The van der Waals surface area contributed by atoms with E-state index in [1.54, 1.807) is 0 Å². The van der Waals surface area contributed by atoms with Crippen molar-refractivity contribution in [2.75, 3.05) is 10.6 Å². The van der Waals surface area contributed by atoms with Crippen LogP contribution in [-0.2, 0) is 0 Å². The number of fused-ring (bicyclic) bond motifs is 1. The summed E-state index contributed by atoms with van der Waals surface area (Å²) in [7, 11) is 0. The first-order chi connectivity index (χ1) is 13.9. The zero-order valence-electron chi connectivity index (χ0n) is 14.2. The molecule has 0 fully saturated rings. The highest BCUT2D eigenvalue weighted by atomic mass is 32.1. The molecular weight excluding hydrogens is 406 g/mol. The molecule has 0 aliphatic carbocycles. The fourth-order valence-corrected chi connectivity index (χ4v) is 3.30. The van der Waals surface area contributed by atoms with Crippen LogP contribution in [0.25, 0.3) is 21.6 Å². The van der Waals surface area contributed by atoms with Crippen molar-refractivity contribution in [3.05, 3.63) is 53.9 Å². The third-order valence-corrected chi connectivity index (χ3v) is 4.75. The number of halogens is 2. The number of rotatable bonds is 4. The summed E-state index contributed by atoms with van der Waals surface area (Å²) in [5, 5.41) is 21.0. The average molecular weight is 416 g/mol. The number of aromatic amines is 1.